The van der Waals surface area contributed by atoms with Crippen molar-refractivity contribution in [2.24, 2.45) is 5.10 Å². The SMILES string of the molecule is COc1ccc(C2=CC(S)=NN(C(C)C)N2)cc1. The van der Waals surface area contributed by atoms with E-state index >= 15 is 0 Å². The van der Waals surface area contributed by atoms with E-state index in [1.54, 1.807) is 12.2 Å². The quantitative estimate of drug-likeness (QED) is 0.823. The molecule has 0 aliphatic carbocycles. The normalized spacial score (nSPS) is 15.1. The van der Waals surface area contributed by atoms with Gasteiger partial charge in [-0.1, -0.05) is 0 Å². The summed E-state index contributed by atoms with van der Waals surface area (Å²) in [5.74, 6) is 0.843. The minimum Gasteiger partial charge on any atom is -0.497 e. The molecule has 1 aliphatic rings. The van der Waals surface area contributed by atoms with Gasteiger partial charge in [-0.3, -0.25) is 5.43 Å². The predicted molar refractivity (Wildman–Crippen MR) is 77.5 cm³/mol. The fourth-order valence-electron chi connectivity index (χ4n) is 1.61. The van der Waals surface area contributed by atoms with Gasteiger partial charge in [0, 0.05) is 0 Å². The lowest BCUT2D eigenvalue weighted by atomic mass is 10.1. The Hall–Kier alpha value is -1.62. The molecule has 0 spiro atoms. The van der Waals surface area contributed by atoms with Crippen molar-refractivity contribution < 1.29 is 4.74 Å². The van der Waals surface area contributed by atoms with Crippen molar-refractivity contribution in [3.05, 3.63) is 35.9 Å². The molecule has 2 rings (SSSR count). The van der Waals surface area contributed by atoms with Gasteiger partial charge < -0.3 is 4.74 Å². The first-order valence-electron chi connectivity index (χ1n) is 5.79. The summed E-state index contributed by atoms with van der Waals surface area (Å²) in [6.45, 7) is 4.13. The maximum absolute atomic E-state index is 5.15. The molecule has 0 saturated carbocycles. The fraction of sp³-hybridized carbons (Fsp3) is 0.308. The van der Waals surface area contributed by atoms with Crippen LogP contribution in [-0.2, 0) is 0 Å². The number of hydrogen-bond donors (Lipinski definition) is 2. The smallest absolute Gasteiger partial charge is 0.118 e. The van der Waals surface area contributed by atoms with E-state index in [4.69, 9.17) is 4.74 Å². The van der Waals surface area contributed by atoms with E-state index in [0.29, 0.717) is 5.04 Å². The number of ether oxygens (including phenoxy) is 1. The van der Waals surface area contributed by atoms with Crippen molar-refractivity contribution in [1.82, 2.24) is 10.5 Å². The third-order valence-corrected chi connectivity index (χ3v) is 2.83. The van der Waals surface area contributed by atoms with Crippen LogP contribution in [0.3, 0.4) is 0 Å². The van der Waals surface area contributed by atoms with Crippen LogP contribution in [0.15, 0.2) is 35.4 Å². The Labute approximate surface area is 113 Å². The molecule has 1 aromatic carbocycles. The third kappa shape index (κ3) is 2.79. The Bertz CT molecular complexity index is 480. The van der Waals surface area contributed by atoms with Crippen LogP contribution < -0.4 is 10.2 Å². The second kappa shape index (κ2) is 5.35. The zero-order valence-corrected chi connectivity index (χ0v) is 11.6. The van der Waals surface area contributed by atoms with Crippen LogP contribution in [-0.4, -0.2) is 23.3 Å². The van der Waals surface area contributed by atoms with Gasteiger partial charge in [0.15, 0.2) is 0 Å². The average Bonchev–Trinajstić information content (AvgIpc) is 2.38. The van der Waals surface area contributed by atoms with Gasteiger partial charge in [0.2, 0.25) is 0 Å². The Morgan fingerprint density at radius 3 is 2.50 bits per heavy atom. The second-order valence-corrected chi connectivity index (χ2v) is 4.75. The lowest BCUT2D eigenvalue weighted by Gasteiger charge is -2.29. The molecule has 0 atom stereocenters. The number of hydrazine groups is 1. The van der Waals surface area contributed by atoms with Crippen LogP contribution >= 0.6 is 12.6 Å². The molecule has 1 aliphatic heterocycles. The molecule has 0 amide bonds. The molecule has 18 heavy (non-hydrogen) atoms. The summed E-state index contributed by atoms with van der Waals surface area (Å²) in [4.78, 5) is 0. The van der Waals surface area contributed by atoms with Gasteiger partial charge in [0.1, 0.15) is 10.8 Å². The van der Waals surface area contributed by atoms with Crippen LogP contribution in [0.25, 0.3) is 5.70 Å². The Morgan fingerprint density at radius 2 is 1.94 bits per heavy atom. The molecule has 0 fully saturated rings. The summed E-state index contributed by atoms with van der Waals surface area (Å²) in [6.07, 6.45) is 1.91. The molecule has 96 valence electrons. The lowest BCUT2D eigenvalue weighted by molar-refractivity contribution is 0.186. The highest BCUT2D eigenvalue weighted by atomic mass is 32.1. The monoisotopic (exact) mass is 263 g/mol. The average molecular weight is 263 g/mol. The van der Waals surface area contributed by atoms with Gasteiger partial charge in [0.25, 0.3) is 0 Å². The molecule has 0 unspecified atom stereocenters. The first kappa shape index (κ1) is 12.8. The number of rotatable bonds is 3. The van der Waals surface area contributed by atoms with E-state index in [1.807, 2.05) is 30.3 Å². The second-order valence-electron chi connectivity index (χ2n) is 4.29. The summed E-state index contributed by atoms with van der Waals surface area (Å²) in [6, 6.07) is 8.13. The largest absolute Gasteiger partial charge is 0.497 e. The van der Waals surface area contributed by atoms with Crippen molar-refractivity contribution in [2.75, 3.05) is 7.11 Å². The van der Waals surface area contributed by atoms with Crippen LogP contribution in [0, 0.1) is 0 Å². The topological polar surface area (TPSA) is 36.9 Å². The number of hydrogen-bond acceptors (Lipinski definition) is 4. The van der Waals surface area contributed by atoms with E-state index in [0.717, 1.165) is 17.0 Å². The number of thiol groups is 1. The Morgan fingerprint density at radius 1 is 1.28 bits per heavy atom. The van der Waals surface area contributed by atoms with Crippen LogP contribution in [0.5, 0.6) is 5.75 Å². The molecule has 4 nitrogen and oxygen atoms in total. The maximum Gasteiger partial charge on any atom is 0.118 e. The molecule has 1 N–H and O–H groups in total. The van der Waals surface area contributed by atoms with Crippen molar-refractivity contribution in [1.29, 1.82) is 0 Å². The molecule has 5 heteroatoms. The van der Waals surface area contributed by atoms with Gasteiger partial charge in [-0.05, 0) is 49.8 Å². The number of benzene rings is 1. The summed E-state index contributed by atoms with van der Waals surface area (Å²) in [7, 11) is 1.66. The van der Waals surface area contributed by atoms with E-state index in [9.17, 15) is 0 Å². The number of nitrogens with one attached hydrogen (secondary N) is 1. The lowest BCUT2D eigenvalue weighted by Crippen LogP contribution is -2.40. The molecule has 0 saturated heterocycles. The Kier molecular flexibility index (Phi) is 3.81. The Balaban J connectivity index is 2.24. The standard InChI is InChI=1S/C13H17N3OS/c1-9(2)16-14-12(8-13(18)15-16)10-4-6-11(17-3)7-5-10/h4-9,14H,1-3H3,(H,15,18). The minimum atomic E-state index is 0.258. The molecule has 0 bridgehead atoms. The molecule has 0 aromatic heterocycles. The molecule has 1 heterocycles. The van der Waals surface area contributed by atoms with Crippen molar-refractivity contribution >= 4 is 23.4 Å². The number of nitrogens with zero attached hydrogens (tertiary/aromatic N) is 2. The maximum atomic E-state index is 5.15. The first-order chi connectivity index (χ1) is 8.60. The minimum absolute atomic E-state index is 0.258. The van der Waals surface area contributed by atoms with E-state index < -0.39 is 0 Å². The predicted octanol–water partition coefficient (Wildman–Crippen LogP) is 2.51. The van der Waals surface area contributed by atoms with Gasteiger partial charge >= 0.3 is 0 Å². The fourth-order valence-corrected chi connectivity index (χ4v) is 1.84. The van der Waals surface area contributed by atoms with Gasteiger partial charge in [-0.2, -0.15) is 5.10 Å². The van der Waals surface area contributed by atoms with Crippen LogP contribution in [0.4, 0.5) is 0 Å². The van der Waals surface area contributed by atoms with Crippen molar-refractivity contribution in [3.63, 3.8) is 0 Å². The zero-order valence-electron chi connectivity index (χ0n) is 10.7. The first-order valence-corrected chi connectivity index (χ1v) is 6.24. The summed E-state index contributed by atoms with van der Waals surface area (Å²) < 4.78 is 5.15. The summed E-state index contributed by atoms with van der Waals surface area (Å²) in [5, 5.41) is 6.77. The highest BCUT2D eigenvalue weighted by Gasteiger charge is 2.14. The molecule has 0 radical (unpaired) electrons. The number of methoxy groups -OCH3 is 1. The van der Waals surface area contributed by atoms with Crippen LogP contribution in [0.2, 0.25) is 0 Å². The zero-order chi connectivity index (χ0) is 13.1. The highest BCUT2D eigenvalue weighted by Crippen LogP contribution is 2.20. The highest BCUT2D eigenvalue weighted by molar-refractivity contribution is 7.97. The molecular weight excluding hydrogens is 246 g/mol. The van der Waals surface area contributed by atoms with Crippen molar-refractivity contribution in [2.45, 2.75) is 19.9 Å². The summed E-state index contributed by atoms with van der Waals surface area (Å²) in [5.41, 5.74) is 5.30. The van der Waals surface area contributed by atoms with Crippen molar-refractivity contribution in [3.8, 4) is 5.75 Å². The van der Waals surface area contributed by atoms with Gasteiger partial charge in [-0.15, -0.1) is 12.6 Å². The molecule has 1 aromatic rings. The molecular formula is C13H17N3OS. The van der Waals surface area contributed by atoms with Gasteiger partial charge in [-0.25, -0.2) is 5.12 Å². The summed E-state index contributed by atoms with van der Waals surface area (Å²) >= 11 is 4.33. The number of hydrazone groups is 1. The van der Waals surface area contributed by atoms with Crippen LogP contribution in [0.1, 0.15) is 19.4 Å². The van der Waals surface area contributed by atoms with E-state index in [1.165, 1.54) is 0 Å². The third-order valence-electron chi connectivity index (χ3n) is 2.61. The van der Waals surface area contributed by atoms with E-state index in [-0.39, 0.29) is 6.04 Å². The van der Waals surface area contributed by atoms with E-state index in [2.05, 4.69) is 37.0 Å². The van der Waals surface area contributed by atoms with Gasteiger partial charge in [0.05, 0.1) is 18.8 Å².